The molecule has 0 spiro atoms. The summed E-state index contributed by atoms with van der Waals surface area (Å²) in [6.07, 6.45) is 2.81. The SMILES string of the molecule is CC(NCC1(CC(N)=NO)CC1)c1ccc(Cl)cc1Cl. The van der Waals surface area contributed by atoms with Crippen LogP contribution in [0.2, 0.25) is 10.0 Å². The normalized spacial score (nSPS) is 18.9. The van der Waals surface area contributed by atoms with Crippen LogP contribution in [0.15, 0.2) is 23.4 Å². The van der Waals surface area contributed by atoms with Crippen molar-refractivity contribution in [3.8, 4) is 0 Å². The average Bonchev–Trinajstić information content (AvgIpc) is 3.16. The monoisotopic (exact) mass is 315 g/mol. The quantitative estimate of drug-likeness (QED) is 0.325. The van der Waals surface area contributed by atoms with Gasteiger partial charge in [0.25, 0.3) is 0 Å². The molecule has 1 saturated carbocycles. The Morgan fingerprint density at radius 1 is 1.50 bits per heavy atom. The van der Waals surface area contributed by atoms with E-state index in [9.17, 15) is 0 Å². The summed E-state index contributed by atoms with van der Waals surface area (Å²) in [4.78, 5) is 0. The minimum absolute atomic E-state index is 0.128. The van der Waals surface area contributed by atoms with Crippen molar-refractivity contribution in [1.29, 1.82) is 0 Å². The van der Waals surface area contributed by atoms with Crippen LogP contribution in [0.5, 0.6) is 0 Å². The Morgan fingerprint density at radius 3 is 2.75 bits per heavy atom. The van der Waals surface area contributed by atoms with Crippen molar-refractivity contribution >= 4 is 29.0 Å². The summed E-state index contributed by atoms with van der Waals surface area (Å²) in [5.41, 5.74) is 6.75. The van der Waals surface area contributed by atoms with Gasteiger partial charge in [0.1, 0.15) is 5.84 Å². The number of nitrogens with two attached hydrogens (primary N) is 1. The van der Waals surface area contributed by atoms with Gasteiger partial charge in [0.2, 0.25) is 0 Å². The summed E-state index contributed by atoms with van der Waals surface area (Å²) in [7, 11) is 0. The Bertz CT molecular complexity index is 515. The molecule has 4 N–H and O–H groups in total. The molecular formula is C14H19Cl2N3O. The second-order valence-corrected chi connectivity index (χ2v) is 6.38. The van der Waals surface area contributed by atoms with Gasteiger partial charge < -0.3 is 16.3 Å². The molecule has 1 unspecified atom stereocenters. The van der Waals surface area contributed by atoms with E-state index >= 15 is 0 Å². The van der Waals surface area contributed by atoms with Crippen LogP contribution in [0.4, 0.5) is 0 Å². The first-order chi connectivity index (χ1) is 9.46. The molecule has 2 rings (SSSR count). The zero-order valence-electron chi connectivity index (χ0n) is 11.4. The molecule has 6 heteroatoms. The van der Waals surface area contributed by atoms with Crippen LogP contribution in [-0.2, 0) is 0 Å². The third-order valence-electron chi connectivity index (χ3n) is 3.85. The molecule has 0 aromatic heterocycles. The van der Waals surface area contributed by atoms with E-state index in [2.05, 4.69) is 17.4 Å². The molecule has 1 aromatic carbocycles. The minimum Gasteiger partial charge on any atom is -0.409 e. The lowest BCUT2D eigenvalue weighted by atomic mass is 10.0. The van der Waals surface area contributed by atoms with Crippen LogP contribution in [0.3, 0.4) is 0 Å². The van der Waals surface area contributed by atoms with Gasteiger partial charge in [0.15, 0.2) is 0 Å². The van der Waals surface area contributed by atoms with Crippen molar-refractivity contribution in [3.63, 3.8) is 0 Å². The van der Waals surface area contributed by atoms with Gasteiger partial charge in [0.05, 0.1) is 0 Å². The van der Waals surface area contributed by atoms with E-state index in [1.54, 1.807) is 6.07 Å². The summed E-state index contributed by atoms with van der Waals surface area (Å²) in [5, 5.41) is 16.5. The Hall–Kier alpha value is -0.970. The number of halogens is 2. The number of amidine groups is 1. The van der Waals surface area contributed by atoms with Crippen molar-refractivity contribution in [2.75, 3.05) is 6.54 Å². The van der Waals surface area contributed by atoms with Crippen molar-refractivity contribution < 1.29 is 5.21 Å². The Labute approximate surface area is 128 Å². The standard InChI is InChI=1S/C14H19Cl2N3O/c1-9(11-3-2-10(15)6-12(11)16)18-8-14(4-5-14)7-13(17)19-20/h2-3,6,9,18,20H,4-5,7-8H2,1H3,(H2,17,19). The van der Waals surface area contributed by atoms with Crippen LogP contribution in [0.1, 0.15) is 37.8 Å². The van der Waals surface area contributed by atoms with Gasteiger partial charge in [-0.05, 0) is 42.9 Å². The first-order valence-corrected chi connectivity index (χ1v) is 7.36. The maximum Gasteiger partial charge on any atom is 0.139 e. The molecule has 1 atom stereocenters. The van der Waals surface area contributed by atoms with E-state index in [1.807, 2.05) is 12.1 Å². The zero-order chi connectivity index (χ0) is 14.8. The van der Waals surface area contributed by atoms with Gasteiger partial charge in [-0.25, -0.2) is 0 Å². The topological polar surface area (TPSA) is 70.6 Å². The van der Waals surface area contributed by atoms with Gasteiger partial charge in [-0.15, -0.1) is 0 Å². The van der Waals surface area contributed by atoms with Gasteiger partial charge >= 0.3 is 0 Å². The Kier molecular flexibility index (Phi) is 4.78. The lowest BCUT2D eigenvalue weighted by molar-refractivity contribution is 0.313. The summed E-state index contributed by atoms with van der Waals surface area (Å²) >= 11 is 12.1. The lowest BCUT2D eigenvalue weighted by Gasteiger charge is -2.20. The second kappa shape index (κ2) is 6.20. The number of nitrogens with zero attached hydrogens (tertiary/aromatic N) is 1. The van der Waals surface area contributed by atoms with Crippen molar-refractivity contribution in [3.05, 3.63) is 33.8 Å². The molecular weight excluding hydrogens is 297 g/mol. The molecule has 0 bridgehead atoms. The number of hydrogen-bond donors (Lipinski definition) is 3. The molecule has 0 heterocycles. The van der Waals surface area contributed by atoms with Crippen LogP contribution < -0.4 is 11.1 Å². The highest BCUT2D eigenvalue weighted by molar-refractivity contribution is 6.35. The third kappa shape index (κ3) is 3.78. The smallest absolute Gasteiger partial charge is 0.139 e. The van der Waals surface area contributed by atoms with Crippen LogP contribution in [-0.4, -0.2) is 17.6 Å². The van der Waals surface area contributed by atoms with Gasteiger partial charge in [0, 0.05) is 29.1 Å². The van der Waals surface area contributed by atoms with Crippen LogP contribution in [0, 0.1) is 5.41 Å². The number of hydrogen-bond acceptors (Lipinski definition) is 3. The fourth-order valence-electron chi connectivity index (χ4n) is 2.34. The number of oxime groups is 1. The highest BCUT2D eigenvalue weighted by Gasteiger charge is 2.43. The summed E-state index contributed by atoms with van der Waals surface area (Å²) in [5.74, 6) is 0.293. The van der Waals surface area contributed by atoms with E-state index in [0.29, 0.717) is 22.3 Å². The number of rotatable bonds is 6. The first-order valence-electron chi connectivity index (χ1n) is 6.60. The summed E-state index contributed by atoms with van der Waals surface area (Å²) < 4.78 is 0. The molecule has 110 valence electrons. The van der Waals surface area contributed by atoms with Crippen LogP contribution >= 0.6 is 23.2 Å². The predicted octanol–water partition coefficient (Wildman–Crippen LogP) is 3.56. The molecule has 1 fully saturated rings. The van der Waals surface area contributed by atoms with E-state index in [4.69, 9.17) is 34.1 Å². The highest BCUT2D eigenvalue weighted by Crippen LogP contribution is 2.48. The zero-order valence-corrected chi connectivity index (χ0v) is 12.9. The third-order valence-corrected chi connectivity index (χ3v) is 4.42. The molecule has 0 radical (unpaired) electrons. The Balaban J connectivity index is 1.94. The van der Waals surface area contributed by atoms with E-state index < -0.39 is 0 Å². The minimum atomic E-state index is 0.128. The predicted molar refractivity (Wildman–Crippen MR) is 82.6 cm³/mol. The summed E-state index contributed by atoms with van der Waals surface area (Å²) in [6, 6.07) is 5.65. The molecule has 1 aliphatic rings. The molecule has 4 nitrogen and oxygen atoms in total. The van der Waals surface area contributed by atoms with E-state index in [-0.39, 0.29) is 11.5 Å². The van der Waals surface area contributed by atoms with Crippen molar-refractivity contribution in [2.24, 2.45) is 16.3 Å². The molecule has 0 saturated heterocycles. The largest absolute Gasteiger partial charge is 0.409 e. The van der Waals surface area contributed by atoms with Gasteiger partial charge in [-0.1, -0.05) is 34.4 Å². The maximum absolute atomic E-state index is 8.66. The number of benzene rings is 1. The number of nitrogens with one attached hydrogen (secondary N) is 1. The maximum atomic E-state index is 8.66. The molecule has 0 aliphatic heterocycles. The molecule has 1 aliphatic carbocycles. The summed E-state index contributed by atoms with van der Waals surface area (Å²) in [6.45, 7) is 2.89. The average molecular weight is 316 g/mol. The van der Waals surface area contributed by atoms with E-state index in [0.717, 1.165) is 24.9 Å². The van der Waals surface area contributed by atoms with Crippen molar-refractivity contribution in [2.45, 2.75) is 32.2 Å². The van der Waals surface area contributed by atoms with Gasteiger partial charge in [-0.2, -0.15) is 0 Å². The van der Waals surface area contributed by atoms with E-state index in [1.165, 1.54) is 0 Å². The molecule has 0 amide bonds. The van der Waals surface area contributed by atoms with Crippen molar-refractivity contribution in [1.82, 2.24) is 5.32 Å². The van der Waals surface area contributed by atoms with Crippen LogP contribution in [0.25, 0.3) is 0 Å². The lowest BCUT2D eigenvalue weighted by Crippen LogP contribution is -2.30. The molecule has 1 aromatic rings. The molecule has 20 heavy (non-hydrogen) atoms. The second-order valence-electron chi connectivity index (χ2n) is 5.54. The fraction of sp³-hybridized carbons (Fsp3) is 0.500. The fourth-order valence-corrected chi connectivity index (χ4v) is 2.92. The Morgan fingerprint density at radius 2 is 2.20 bits per heavy atom. The van der Waals surface area contributed by atoms with Gasteiger partial charge in [-0.3, -0.25) is 0 Å². The highest BCUT2D eigenvalue weighted by atomic mass is 35.5. The first kappa shape index (κ1) is 15.4.